The van der Waals surface area contributed by atoms with Crippen molar-refractivity contribution in [3.05, 3.63) is 47.1 Å². The Morgan fingerprint density at radius 3 is 2.74 bits per heavy atom. The van der Waals surface area contributed by atoms with Gasteiger partial charge in [-0.1, -0.05) is 41.9 Å². The number of halogens is 1. The molecule has 1 heterocycles. The number of aromatic nitrogens is 2. The van der Waals surface area contributed by atoms with Gasteiger partial charge in [0, 0.05) is 25.6 Å². The van der Waals surface area contributed by atoms with E-state index in [1.54, 1.807) is 0 Å². The Balaban J connectivity index is 2.14. The minimum atomic E-state index is -1.00. The summed E-state index contributed by atoms with van der Waals surface area (Å²) in [6, 6.07) is 11.0. The van der Waals surface area contributed by atoms with Crippen molar-refractivity contribution in [2.75, 3.05) is 25.9 Å². The lowest BCUT2D eigenvalue weighted by molar-refractivity contribution is 0.148. The molecule has 1 amide bonds. The van der Waals surface area contributed by atoms with Crippen molar-refractivity contribution in [1.29, 1.82) is 0 Å². The van der Waals surface area contributed by atoms with E-state index in [4.69, 9.17) is 27.2 Å². The second kappa shape index (κ2) is 7.64. The monoisotopic (exact) mass is 336 g/mol. The zero-order chi connectivity index (χ0) is 16.8. The highest BCUT2D eigenvalue weighted by Crippen LogP contribution is 2.24. The third kappa shape index (κ3) is 4.72. The lowest BCUT2D eigenvalue weighted by atomic mass is 9.99. The molecule has 1 aromatic heterocycles. The van der Waals surface area contributed by atoms with Crippen molar-refractivity contribution in [3.8, 4) is 5.75 Å². The molecule has 0 bridgehead atoms. The van der Waals surface area contributed by atoms with Crippen molar-refractivity contribution in [2.45, 2.75) is 5.92 Å². The van der Waals surface area contributed by atoms with Gasteiger partial charge in [0.25, 0.3) is 0 Å². The zero-order valence-corrected chi connectivity index (χ0v) is 13.3. The average molecular weight is 337 g/mol. The van der Waals surface area contributed by atoms with Crippen LogP contribution in [-0.2, 0) is 0 Å². The molecule has 0 aliphatic rings. The molecule has 7 nitrogen and oxygen atoms in total. The van der Waals surface area contributed by atoms with Crippen LogP contribution in [0.3, 0.4) is 0 Å². The lowest BCUT2D eigenvalue weighted by Crippen LogP contribution is -2.31. The average Bonchev–Trinajstić information content (AvgIpc) is 2.54. The smallest absolute Gasteiger partial charge is 0.407 e. The van der Waals surface area contributed by atoms with E-state index in [0.717, 1.165) is 5.56 Å². The summed E-state index contributed by atoms with van der Waals surface area (Å²) in [6.07, 6.45) is -1.00. The van der Waals surface area contributed by atoms with Gasteiger partial charge >= 0.3 is 6.09 Å². The highest BCUT2D eigenvalue weighted by Gasteiger charge is 2.18. The van der Waals surface area contributed by atoms with Crippen LogP contribution >= 0.6 is 11.6 Å². The first-order valence-corrected chi connectivity index (χ1v) is 7.25. The number of carboxylic acid groups (broad SMARTS) is 1. The fraction of sp³-hybridized carbons (Fsp3) is 0.267. The first-order valence-electron chi connectivity index (χ1n) is 6.88. The maximum Gasteiger partial charge on any atom is 0.407 e. The molecule has 1 aromatic carbocycles. The second-order valence-corrected chi connectivity index (χ2v) is 5.39. The number of amides is 1. The van der Waals surface area contributed by atoms with Crippen LogP contribution in [0.25, 0.3) is 0 Å². The number of anilines is 1. The molecule has 1 atom stereocenters. The van der Waals surface area contributed by atoms with E-state index in [2.05, 4.69) is 10.2 Å². The van der Waals surface area contributed by atoms with E-state index in [0.29, 0.717) is 5.75 Å². The van der Waals surface area contributed by atoms with Crippen LogP contribution in [0.2, 0.25) is 5.15 Å². The van der Waals surface area contributed by atoms with Crippen LogP contribution in [0.1, 0.15) is 11.5 Å². The van der Waals surface area contributed by atoms with Gasteiger partial charge in [-0.2, -0.15) is 0 Å². The second-order valence-electron chi connectivity index (χ2n) is 5.00. The molecule has 0 radical (unpaired) electrons. The molecule has 3 N–H and O–H groups in total. The Labute approximate surface area is 138 Å². The molecular formula is C15H17ClN4O3. The molecule has 2 aromatic rings. The summed E-state index contributed by atoms with van der Waals surface area (Å²) in [7, 11) is 1.51. The van der Waals surface area contributed by atoms with Gasteiger partial charge in [-0.25, -0.2) is 4.79 Å². The van der Waals surface area contributed by atoms with Crippen LogP contribution in [0.15, 0.2) is 36.4 Å². The molecule has 1 unspecified atom stereocenters. The summed E-state index contributed by atoms with van der Waals surface area (Å²) in [6.45, 7) is 0.513. The van der Waals surface area contributed by atoms with Crippen LogP contribution in [0, 0.1) is 0 Å². The number of nitrogen functional groups attached to an aromatic ring is 1. The van der Waals surface area contributed by atoms with E-state index in [-0.39, 0.29) is 30.0 Å². The van der Waals surface area contributed by atoms with Gasteiger partial charge < -0.3 is 20.5 Å². The number of rotatable bonds is 6. The molecule has 0 spiro atoms. The third-order valence-electron chi connectivity index (χ3n) is 3.29. The highest BCUT2D eigenvalue weighted by molar-refractivity contribution is 6.29. The summed E-state index contributed by atoms with van der Waals surface area (Å²) in [5.74, 6) is 0.292. The third-order valence-corrected chi connectivity index (χ3v) is 3.47. The van der Waals surface area contributed by atoms with Gasteiger partial charge in [-0.15, -0.1) is 10.2 Å². The molecule has 0 fully saturated rings. The number of nitrogens with two attached hydrogens (primary N) is 1. The van der Waals surface area contributed by atoms with Gasteiger partial charge in [0.2, 0.25) is 0 Å². The largest absolute Gasteiger partial charge is 0.489 e. The maximum atomic E-state index is 11.1. The number of hydrogen-bond acceptors (Lipinski definition) is 5. The van der Waals surface area contributed by atoms with E-state index in [1.165, 1.54) is 18.0 Å². The van der Waals surface area contributed by atoms with Crippen LogP contribution in [0.4, 0.5) is 10.6 Å². The van der Waals surface area contributed by atoms with Gasteiger partial charge in [0.1, 0.15) is 0 Å². The Hall–Kier alpha value is -2.54. The summed E-state index contributed by atoms with van der Waals surface area (Å²) >= 11 is 5.78. The topological polar surface area (TPSA) is 102 Å². The molecule has 122 valence electrons. The standard InChI is InChI=1S/C15H17ClN4O3/c1-20(15(21)22)8-11(10-5-3-2-4-6-10)9-23-12-7-13(16)18-19-14(12)17/h2-7,11H,8-9H2,1H3,(H2,17,19)(H,21,22). The van der Waals surface area contributed by atoms with Crippen molar-refractivity contribution in [3.63, 3.8) is 0 Å². The molecule has 23 heavy (non-hydrogen) atoms. The van der Waals surface area contributed by atoms with Crippen molar-refractivity contribution in [1.82, 2.24) is 15.1 Å². The zero-order valence-electron chi connectivity index (χ0n) is 12.5. The quantitative estimate of drug-likeness (QED) is 0.840. The van der Waals surface area contributed by atoms with Crippen LogP contribution in [-0.4, -0.2) is 46.5 Å². The lowest BCUT2D eigenvalue weighted by Gasteiger charge is -2.23. The Bertz CT molecular complexity index is 669. The van der Waals surface area contributed by atoms with Crippen LogP contribution < -0.4 is 10.5 Å². The first-order chi connectivity index (χ1) is 11.0. The number of ether oxygens (including phenoxy) is 1. The Kier molecular flexibility index (Phi) is 5.59. The summed E-state index contributed by atoms with van der Waals surface area (Å²) in [5, 5.41) is 16.6. The fourth-order valence-electron chi connectivity index (χ4n) is 2.06. The number of nitrogens with zero attached hydrogens (tertiary/aromatic N) is 3. The van der Waals surface area contributed by atoms with Crippen molar-refractivity contribution in [2.24, 2.45) is 0 Å². The predicted octanol–water partition coefficient (Wildman–Crippen LogP) is 2.48. The van der Waals surface area contributed by atoms with Gasteiger partial charge in [0.05, 0.1) is 6.61 Å². The Morgan fingerprint density at radius 2 is 2.09 bits per heavy atom. The Morgan fingerprint density at radius 1 is 1.39 bits per heavy atom. The minimum Gasteiger partial charge on any atom is -0.489 e. The molecule has 2 rings (SSSR count). The molecule has 0 saturated carbocycles. The first kappa shape index (κ1) is 16.8. The number of likely N-dealkylation sites (N-methyl/N-ethyl adjacent to an activating group) is 1. The summed E-state index contributed by atoms with van der Waals surface area (Å²) in [5.41, 5.74) is 6.67. The highest BCUT2D eigenvalue weighted by atomic mass is 35.5. The fourth-order valence-corrected chi connectivity index (χ4v) is 2.19. The molecule has 0 saturated heterocycles. The van der Waals surface area contributed by atoms with Crippen molar-refractivity contribution >= 4 is 23.5 Å². The normalized spacial score (nSPS) is 11.7. The number of hydrogen-bond donors (Lipinski definition) is 2. The molecular weight excluding hydrogens is 320 g/mol. The van der Waals surface area contributed by atoms with Crippen LogP contribution in [0.5, 0.6) is 5.75 Å². The molecule has 0 aliphatic heterocycles. The SMILES string of the molecule is CN(CC(COc1cc(Cl)nnc1N)c1ccccc1)C(=O)O. The van der Waals surface area contributed by atoms with E-state index >= 15 is 0 Å². The maximum absolute atomic E-state index is 11.1. The van der Waals surface area contributed by atoms with Crippen molar-refractivity contribution < 1.29 is 14.6 Å². The number of carbonyl (C=O) groups is 1. The summed E-state index contributed by atoms with van der Waals surface area (Å²) < 4.78 is 5.68. The minimum absolute atomic E-state index is 0.132. The molecule has 0 aliphatic carbocycles. The van der Waals surface area contributed by atoms with Gasteiger partial charge in [-0.05, 0) is 5.56 Å². The number of benzene rings is 1. The van der Waals surface area contributed by atoms with E-state index in [1.807, 2.05) is 30.3 Å². The molecule has 8 heteroatoms. The summed E-state index contributed by atoms with van der Waals surface area (Å²) in [4.78, 5) is 12.3. The van der Waals surface area contributed by atoms with E-state index < -0.39 is 6.09 Å². The predicted molar refractivity (Wildman–Crippen MR) is 86.8 cm³/mol. The van der Waals surface area contributed by atoms with Gasteiger partial charge in [0.15, 0.2) is 16.7 Å². The van der Waals surface area contributed by atoms with Gasteiger partial charge in [-0.3, -0.25) is 0 Å². The van der Waals surface area contributed by atoms with E-state index in [9.17, 15) is 4.79 Å².